The van der Waals surface area contributed by atoms with Crippen molar-refractivity contribution in [3.63, 3.8) is 0 Å². The van der Waals surface area contributed by atoms with Crippen LogP contribution in [0.2, 0.25) is 0 Å². The van der Waals surface area contributed by atoms with Gasteiger partial charge in [0.2, 0.25) is 0 Å². The average Bonchev–Trinajstić information content (AvgIpc) is 2.47. The minimum absolute atomic E-state index is 0.131. The van der Waals surface area contributed by atoms with E-state index in [9.17, 15) is 23.5 Å². The molecule has 6 nitrogen and oxygen atoms in total. The van der Waals surface area contributed by atoms with Gasteiger partial charge in [0.05, 0.1) is 17.6 Å². The minimum atomic E-state index is -3.03. The Morgan fingerprint density at radius 3 is 2.58 bits per heavy atom. The summed E-state index contributed by atoms with van der Waals surface area (Å²) < 4.78 is 38.3. The third kappa shape index (κ3) is 5.83. The number of hydrogen-bond donors (Lipinski definition) is 1. The van der Waals surface area contributed by atoms with Crippen molar-refractivity contribution < 1.29 is 37.7 Å². The van der Waals surface area contributed by atoms with Crippen LogP contribution in [-0.4, -0.2) is 49.1 Å². The molecule has 0 amide bonds. The minimum Gasteiger partial charge on any atom is -0.464 e. The number of carbonyl (C=O) groups is 2. The average molecular weight is 350 g/mol. The van der Waals surface area contributed by atoms with Crippen LogP contribution in [0.3, 0.4) is 0 Å². The van der Waals surface area contributed by atoms with Gasteiger partial charge in [-0.1, -0.05) is 19.1 Å². The molecule has 8 heteroatoms. The number of alkyl halides is 2. The lowest BCUT2D eigenvalue weighted by molar-refractivity contribution is -0.188. The van der Waals surface area contributed by atoms with Crippen LogP contribution < -0.4 is 0 Å². The molecule has 0 bridgehead atoms. The van der Waals surface area contributed by atoms with Crippen LogP contribution in [0.15, 0.2) is 12.2 Å². The first kappa shape index (κ1) is 20.5. The van der Waals surface area contributed by atoms with E-state index in [2.05, 4.69) is 16.1 Å². The zero-order valence-electron chi connectivity index (χ0n) is 13.9. The summed E-state index contributed by atoms with van der Waals surface area (Å²) in [5.41, 5.74) is -1.38. The van der Waals surface area contributed by atoms with Gasteiger partial charge in [-0.25, -0.2) is 0 Å². The molecule has 138 valence electrons. The Morgan fingerprint density at radius 2 is 2.08 bits per heavy atom. The van der Waals surface area contributed by atoms with Gasteiger partial charge in [-0.2, -0.15) is 8.78 Å². The number of carbonyl (C=O) groups excluding carboxylic acids is 2. The highest BCUT2D eigenvalue weighted by Gasteiger charge is 2.48. The molecule has 0 aliphatic heterocycles. The molecular formula is C16H24F2O6. The third-order valence-electron chi connectivity index (χ3n) is 4.08. The number of aliphatic hydroxyl groups is 1. The van der Waals surface area contributed by atoms with Crippen LogP contribution in [0, 0.1) is 5.41 Å². The Kier molecular flexibility index (Phi) is 7.28. The lowest BCUT2D eigenvalue weighted by Crippen LogP contribution is -2.46. The molecule has 1 aliphatic carbocycles. The summed E-state index contributed by atoms with van der Waals surface area (Å²) in [6.07, 6.45) is 0.132. The van der Waals surface area contributed by atoms with E-state index in [-0.39, 0.29) is 19.5 Å². The van der Waals surface area contributed by atoms with Crippen LogP contribution in [-0.2, 0) is 23.8 Å². The van der Waals surface area contributed by atoms with Crippen LogP contribution >= 0.6 is 0 Å². The molecule has 0 aromatic heterocycles. The maximum atomic E-state index is 12.6. The Labute approximate surface area is 139 Å². The number of esters is 1. The standard InChI is InChI=1S/C16H24F2O6/c1-4-16(6-11(2)5-15(3,21)9-16)13(20)24-12(7-22-10-19)8-23-14(17)18/h10,12,14,21H,2,4-9H2,1,3H3. The second kappa shape index (κ2) is 8.53. The predicted octanol–water partition coefficient (Wildman–Crippen LogP) is 2.20. The van der Waals surface area contributed by atoms with Gasteiger partial charge in [0.25, 0.3) is 6.47 Å². The summed E-state index contributed by atoms with van der Waals surface area (Å²) in [7, 11) is 0. The fraction of sp³-hybridized carbons (Fsp3) is 0.750. The molecule has 0 radical (unpaired) electrons. The first-order valence-corrected chi connectivity index (χ1v) is 7.69. The molecule has 1 rings (SSSR count). The zero-order valence-corrected chi connectivity index (χ0v) is 13.9. The van der Waals surface area contributed by atoms with Crippen LogP contribution in [0.5, 0.6) is 0 Å². The molecule has 3 unspecified atom stereocenters. The fourth-order valence-electron chi connectivity index (χ4n) is 3.19. The molecular weight excluding hydrogens is 326 g/mol. The van der Waals surface area contributed by atoms with Gasteiger partial charge >= 0.3 is 12.6 Å². The SMILES string of the molecule is C=C1CC(C)(O)CC(CC)(C(=O)OC(COC=O)COC(F)F)C1. The summed E-state index contributed by atoms with van der Waals surface area (Å²) in [5, 5.41) is 10.3. The van der Waals surface area contributed by atoms with Crippen molar-refractivity contribution in [2.45, 2.75) is 57.8 Å². The van der Waals surface area contributed by atoms with Crippen molar-refractivity contribution >= 4 is 12.4 Å². The van der Waals surface area contributed by atoms with Crippen molar-refractivity contribution in [2.24, 2.45) is 5.41 Å². The highest BCUT2D eigenvalue weighted by molar-refractivity contribution is 5.78. The van der Waals surface area contributed by atoms with E-state index in [1.165, 1.54) is 0 Å². The summed E-state index contributed by atoms with van der Waals surface area (Å²) in [4.78, 5) is 22.9. The van der Waals surface area contributed by atoms with E-state index in [1.807, 2.05) is 0 Å². The molecule has 0 aromatic rings. The van der Waals surface area contributed by atoms with Gasteiger partial charge in [0, 0.05) is 0 Å². The van der Waals surface area contributed by atoms with Crippen molar-refractivity contribution in [2.75, 3.05) is 13.2 Å². The molecule has 3 atom stereocenters. The van der Waals surface area contributed by atoms with Gasteiger partial charge in [-0.15, -0.1) is 0 Å². The van der Waals surface area contributed by atoms with Gasteiger partial charge < -0.3 is 19.3 Å². The lowest BCUT2D eigenvalue weighted by atomic mass is 9.65. The van der Waals surface area contributed by atoms with E-state index in [1.54, 1.807) is 13.8 Å². The van der Waals surface area contributed by atoms with E-state index in [0.29, 0.717) is 19.3 Å². The largest absolute Gasteiger partial charge is 0.464 e. The van der Waals surface area contributed by atoms with E-state index in [0.717, 1.165) is 5.57 Å². The maximum Gasteiger partial charge on any atom is 0.345 e. The number of hydrogen-bond acceptors (Lipinski definition) is 6. The summed E-state index contributed by atoms with van der Waals surface area (Å²) in [5.74, 6) is -0.650. The normalized spacial score (nSPS) is 28.5. The fourth-order valence-corrected chi connectivity index (χ4v) is 3.19. The Hall–Kier alpha value is -1.54. The molecule has 0 spiro atoms. The van der Waals surface area contributed by atoms with Crippen LogP contribution in [0.4, 0.5) is 8.78 Å². The Bertz CT molecular complexity index is 465. The zero-order chi connectivity index (χ0) is 18.4. The first-order valence-electron chi connectivity index (χ1n) is 7.69. The quantitative estimate of drug-likeness (QED) is 0.390. The highest BCUT2D eigenvalue weighted by Crippen LogP contribution is 2.46. The molecule has 24 heavy (non-hydrogen) atoms. The highest BCUT2D eigenvalue weighted by atomic mass is 19.3. The van der Waals surface area contributed by atoms with Crippen LogP contribution in [0.25, 0.3) is 0 Å². The lowest BCUT2D eigenvalue weighted by Gasteiger charge is -2.43. The predicted molar refractivity (Wildman–Crippen MR) is 80.2 cm³/mol. The smallest absolute Gasteiger partial charge is 0.345 e. The van der Waals surface area contributed by atoms with Gasteiger partial charge in [0.1, 0.15) is 6.61 Å². The van der Waals surface area contributed by atoms with Gasteiger partial charge in [0.15, 0.2) is 6.10 Å². The van der Waals surface area contributed by atoms with E-state index in [4.69, 9.17) is 4.74 Å². The maximum absolute atomic E-state index is 12.6. The second-order valence-electron chi connectivity index (χ2n) is 6.46. The number of ether oxygens (including phenoxy) is 3. The Morgan fingerprint density at radius 1 is 1.42 bits per heavy atom. The topological polar surface area (TPSA) is 82.1 Å². The third-order valence-corrected chi connectivity index (χ3v) is 4.08. The summed E-state index contributed by atoms with van der Waals surface area (Å²) in [6, 6.07) is 0. The van der Waals surface area contributed by atoms with Gasteiger partial charge in [-0.3, -0.25) is 9.59 Å². The molecule has 1 aliphatic rings. The van der Waals surface area contributed by atoms with Crippen molar-refractivity contribution in [3.05, 3.63) is 12.2 Å². The molecule has 0 heterocycles. The monoisotopic (exact) mass is 350 g/mol. The molecule has 0 saturated heterocycles. The Balaban J connectivity index is 2.85. The van der Waals surface area contributed by atoms with Gasteiger partial charge in [-0.05, 0) is 32.6 Å². The summed E-state index contributed by atoms with van der Waals surface area (Å²) >= 11 is 0. The van der Waals surface area contributed by atoms with Crippen molar-refractivity contribution in [1.29, 1.82) is 0 Å². The second-order valence-corrected chi connectivity index (χ2v) is 6.46. The summed E-state index contributed by atoms with van der Waals surface area (Å²) in [6.45, 7) is 3.36. The van der Waals surface area contributed by atoms with E-state index < -0.39 is 36.3 Å². The number of rotatable bonds is 9. The van der Waals surface area contributed by atoms with Crippen LogP contribution in [0.1, 0.15) is 39.5 Å². The molecule has 1 N–H and O–H groups in total. The van der Waals surface area contributed by atoms with Crippen molar-refractivity contribution in [1.82, 2.24) is 0 Å². The number of halogens is 2. The van der Waals surface area contributed by atoms with E-state index >= 15 is 0 Å². The first-order chi connectivity index (χ1) is 11.1. The molecule has 0 aromatic carbocycles. The molecule has 1 fully saturated rings. The van der Waals surface area contributed by atoms with Crippen molar-refractivity contribution in [3.8, 4) is 0 Å². The molecule has 1 saturated carbocycles.